The SMILES string of the molecule is CCN1CCN(c2ccc(NC(=O)CN(C)S(=O)(=O)c3ccc4ccccc4c3)cc2C)CC1. The standard InChI is InChI=1S/C26H32N4O3S/c1-4-29-13-15-30(16-14-29)25-12-10-23(17-20(25)2)27-26(31)19-28(3)34(32,33)24-11-9-21-7-5-6-8-22(21)18-24/h5-12,17-18H,4,13-16,19H2,1-3H3,(H,27,31). The van der Waals surface area contributed by atoms with Gasteiger partial charge in [0.05, 0.1) is 11.4 Å². The molecule has 1 aliphatic rings. The number of fused-ring (bicyclic) bond motifs is 1. The number of piperazine rings is 1. The second kappa shape index (κ2) is 10.1. The molecule has 1 N–H and O–H groups in total. The average molecular weight is 481 g/mol. The number of likely N-dealkylation sites (N-methyl/N-ethyl adjacent to an activating group) is 2. The van der Waals surface area contributed by atoms with Crippen LogP contribution in [0.25, 0.3) is 10.8 Å². The largest absolute Gasteiger partial charge is 0.369 e. The molecular weight excluding hydrogens is 448 g/mol. The second-order valence-electron chi connectivity index (χ2n) is 8.74. The molecule has 34 heavy (non-hydrogen) atoms. The van der Waals surface area contributed by atoms with Crippen LogP contribution in [0.3, 0.4) is 0 Å². The Hall–Kier alpha value is -2.94. The summed E-state index contributed by atoms with van der Waals surface area (Å²) in [5, 5.41) is 4.65. The highest BCUT2D eigenvalue weighted by Crippen LogP contribution is 2.25. The first kappa shape index (κ1) is 24.2. The minimum atomic E-state index is -3.79. The highest BCUT2D eigenvalue weighted by Gasteiger charge is 2.23. The third-order valence-corrected chi connectivity index (χ3v) is 8.24. The van der Waals surface area contributed by atoms with Crippen LogP contribution >= 0.6 is 0 Å². The van der Waals surface area contributed by atoms with Crippen molar-refractivity contribution < 1.29 is 13.2 Å². The predicted molar refractivity (Wildman–Crippen MR) is 138 cm³/mol. The third kappa shape index (κ3) is 5.24. The summed E-state index contributed by atoms with van der Waals surface area (Å²) in [6.45, 7) is 9.09. The Bertz CT molecular complexity index is 1280. The number of nitrogens with one attached hydrogen (secondary N) is 1. The average Bonchev–Trinajstić information content (AvgIpc) is 2.84. The van der Waals surface area contributed by atoms with Gasteiger partial charge in [0.25, 0.3) is 0 Å². The van der Waals surface area contributed by atoms with Crippen molar-refractivity contribution in [2.45, 2.75) is 18.7 Å². The lowest BCUT2D eigenvalue weighted by molar-refractivity contribution is -0.116. The van der Waals surface area contributed by atoms with Crippen LogP contribution in [0.15, 0.2) is 65.6 Å². The summed E-state index contributed by atoms with van der Waals surface area (Å²) >= 11 is 0. The van der Waals surface area contributed by atoms with Crippen LogP contribution in [-0.2, 0) is 14.8 Å². The van der Waals surface area contributed by atoms with Crippen molar-refractivity contribution >= 4 is 38.1 Å². The summed E-state index contributed by atoms with van der Waals surface area (Å²) in [4.78, 5) is 17.6. The Labute approximate surface area is 202 Å². The summed E-state index contributed by atoms with van der Waals surface area (Å²) in [5.74, 6) is -0.379. The van der Waals surface area contributed by atoms with Gasteiger partial charge < -0.3 is 15.1 Å². The van der Waals surface area contributed by atoms with Gasteiger partial charge in [-0.15, -0.1) is 0 Å². The summed E-state index contributed by atoms with van der Waals surface area (Å²) in [7, 11) is -2.37. The number of benzene rings is 3. The van der Waals surface area contributed by atoms with Crippen molar-refractivity contribution in [2.75, 3.05) is 56.5 Å². The lowest BCUT2D eigenvalue weighted by Gasteiger charge is -2.36. The van der Waals surface area contributed by atoms with Gasteiger partial charge in [-0.05, 0) is 60.1 Å². The van der Waals surface area contributed by atoms with Crippen molar-refractivity contribution in [1.29, 1.82) is 0 Å². The fourth-order valence-corrected chi connectivity index (χ4v) is 5.55. The number of carbonyl (C=O) groups excluding carboxylic acids is 1. The van der Waals surface area contributed by atoms with Crippen molar-refractivity contribution in [3.63, 3.8) is 0 Å². The first-order valence-corrected chi connectivity index (χ1v) is 13.0. The van der Waals surface area contributed by atoms with E-state index in [2.05, 4.69) is 22.0 Å². The number of anilines is 2. The van der Waals surface area contributed by atoms with E-state index in [9.17, 15) is 13.2 Å². The number of hydrogen-bond acceptors (Lipinski definition) is 5. The molecule has 7 nitrogen and oxygen atoms in total. The van der Waals surface area contributed by atoms with E-state index in [0.717, 1.165) is 53.4 Å². The van der Waals surface area contributed by atoms with Crippen LogP contribution in [0.5, 0.6) is 0 Å². The topological polar surface area (TPSA) is 73.0 Å². The molecule has 0 unspecified atom stereocenters. The maximum absolute atomic E-state index is 13.0. The van der Waals surface area contributed by atoms with E-state index >= 15 is 0 Å². The normalized spacial score (nSPS) is 15.1. The van der Waals surface area contributed by atoms with E-state index in [-0.39, 0.29) is 17.3 Å². The van der Waals surface area contributed by atoms with Crippen LogP contribution in [0, 0.1) is 6.92 Å². The lowest BCUT2D eigenvalue weighted by Crippen LogP contribution is -2.46. The van der Waals surface area contributed by atoms with E-state index in [4.69, 9.17) is 0 Å². The minimum Gasteiger partial charge on any atom is -0.369 e. The quantitative estimate of drug-likeness (QED) is 0.560. The maximum Gasteiger partial charge on any atom is 0.243 e. The van der Waals surface area contributed by atoms with Crippen LogP contribution in [0.4, 0.5) is 11.4 Å². The van der Waals surface area contributed by atoms with Gasteiger partial charge in [-0.1, -0.05) is 37.3 Å². The fourth-order valence-electron chi connectivity index (χ4n) is 4.39. The highest BCUT2D eigenvalue weighted by molar-refractivity contribution is 7.89. The van der Waals surface area contributed by atoms with Crippen molar-refractivity contribution in [1.82, 2.24) is 9.21 Å². The Balaban J connectivity index is 1.40. The van der Waals surface area contributed by atoms with Crippen LogP contribution < -0.4 is 10.2 Å². The highest BCUT2D eigenvalue weighted by atomic mass is 32.2. The Morgan fingerprint density at radius 1 is 0.971 bits per heavy atom. The third-order valence-electron chi connectivity index (χ3n) is 6.44. The number of hydrogen-bond donors (Lipinski definition) is 1. The zero-order valence-corrected chi connectivity index (χ0v) is 20.8. The molecule has 8 heteroatoms. The number of rotatable bonds is 7. The molecule has 1 aliphatic heterocycles. The molecule has 0 bridgehead atoms. The molecule has 180 valence electrons. The van der Waals surface area contributed by atoms with Gasteiger partial charge in [-0.2, -0.15) is 4.31 Å². The van der Waals surface area contributed by atoms with Gasteiger partial charge in [-0.25, -0.2) is 8.42 Å². The summed E-state index contributed by atoms with van der Waals surface area (Å²) in [5.41, 5.74) is 2.92. The zero-order valence-electron chi connectivity index (χ0n) is 20.0. The van der Waals surface area contributed by atoms with Gasteiger partial charge in [0.15, 0.2) is 0 Å². The maximum atomic E-state index is 13.0. The minimum absolute atomic E-state index is 0.171. The molecule has 0 aliphatic carbocycles. The zero-order chi connectivity index (χ0) is 24.3. The van der Waals surface area contributed by atoms with Gasteiger partial charge in [0, 0.05) is 44.6 Å². The molecule has 0 atom stereocenters. The van der Waals surface area contributed by atoms with Crippen molar-refractivity contribution in [3.05, 3.63) is 66.2 Å². The molecule has 0 saturated carbocycles. The number of sulfonamides is 1. The Morgan fingerprint density at radius 3 is 2.35 bits per heavy atom. The van der Waals surface area contributed by atoms with E-state index in [1.54, 1.807) is 18.2 Å². The molecular formula is C26H32N4O3S. The monoisotopic (exact) mass is 480 g/mol. The summed E-state index contributed by atoms with van der Waals surface area (Å²) < 4.78 is 27.1. The van der Waals surface area contributed by atoms with Gasteiger partial charge >= 0.3 is 0 Å². The number of amides is 1. The number of carbonyl (C=O) groups is 1. The van der Waals surface area contributed by atoms with E-state index < -0.39 is 10.0 Å². The van der Waals surface area contributed by atoms with Crippen molar-refractivity contribution in [2.24, 2.45) is 0 Å². The van der Waals surface area contributed by atoms with Gasteiger partial charge in [0.1, 0.15) is 0 Å². The molecule has 1 heterocycles. The van der Waals surface area contributed by atoms with Crippen LogP contribution in [0.1, 0.15) is 12.5 Å². The number of aryl methyl sites for hydroxylation is 1. The van der Waals surface area contributed by atoms with Crippen LogP contribution in [0.2, 0.25) is 0 Å². The molecule has 1 saturated heterocycles. The summed E-state index contributed by atoms with van der Waals surface area (Å²) in [6.07, 6.45) is 0. The van der Waals surface area contributed by atoms with Gasteiger partial charge in [0.2, 0.25) is 15.9 Å². The first-order chi connectivity index (χ1) is 16.3. The molecule has 1 amide bonds. The molecule has 3 aromatic rings. The second-order valence-corrected chi connectivity index (χ2v) is 10.8. The fraction of sp³-hybridized carbons (Fsp3) is 0.346. The summed E-state index contributed by atoms with van der Waals surface area (Å²) in [6, 6.07) is 18.4. The van der Waals surface area contributed by atoms with Crippen molar-refractivity contribution in [3.8, 4) is 0 Å². The number of nitrogens with zero attached hydrogens (tertiary/aromatic N) is 3. The first-order valence-electron chi connectivity index (χ1n) is 11.6. The predicted octanol–water partition coefficient (Wildman–Crippen LogP) is 3.55. The molecule has 3 aromatic carbocycles. The van der Waals surface area contributed by atoms with Crippen LogP contribution in [-0.4, -0.2) is 69.8 Å². The molecule has 1 fully saturated rings. The Kier molecular flexibility index (Phi) is 7.21. The van der Waals surface area contributed by atoms with E-state index in [1.807, 2.05) is 49.4 Å². The molecule has 0 radical (unpaired) electrons. The molecule has 0 spiro atoms. The molecule has 4 rings (SSSR count). The van der Waals surface area contributed by atoms with E-state index in [1.165, 1.54) is 12.7 Å². The van der Waals surface area contributed by atoms with E-state index in [0.29, 0.717) is 5.69 Å². The van der Waals surface area contributed by atoms with Gasteiger partial charge in [-0.3, -0.25) is 4.79 Å². The smallest absolute Gasteiger partial charge is 0.243 e. The lowest BCUT2D eigenvalue weighted by atomic mass is 10.1. The molecule has 0 aromatic heterocycles. The Morgan fingerprint density at radius 2 is 1.68 bits per heavy atom.